The van der Waals surface area contributed by atoms with Gasteiger partial charge in [0.2, 0.25) is 5.91 Å². The summed E-state index contributed by atoms with van der Waals surface area (Å²) in [5.74, 6) is -0.542. The molecule has 7 nitrogen and oxygen atoms in total. The van der Waals surface area contributed by atoms with Gasteiger partial charge in [-0.2, -0.15) is 0 Å². The number of rotatable bonds is 6. The minimum absolute atomic E-state index is 0.0487. The molecule has 0 bridgehead atoms. The molecule has 1 aliphatic rings. The summed E-state index contributed by atoms with van der Waals surface area (Å²) < 4.78 is 5.36. The van der Waals surface area contributed by atoms with Gasteiger partial charge in [-0.05, 0) is 55.5 Å². The van der Waals surface area contributed by atoms with Gasteiger partial charge in [0, 0.05) is 10.6 Å². The second-order valence-electron chi connectivity index (χ2n) is 5.86. The lowest BCUT2D eigenvalue weighted by Crippen LogP contribution is -2.48. The van der Waals surface area contributed by atoms with Crippen molar-refractivity contribution in [3.63, 3.8) is 0 Å². The minimum atomic E-state index is -0.833. The Morgan fingerprint density at radius 3 is 2.44 bits per heavy atom. The molecule has 140 valence electrons. The Morgan fingerprint density at radius 2 is 1.81 bits per heavy atom. The SMILES string of the molecule is CCOc1ccc(N2C(=O)C[C@@H](NNC(=O)c3ccc(Cl)cc3)C2=O)cc1. The average Bonchev–Trinajstić information content (AvgIpc) is 2.95. The predicted molar refractivity (Wildman–Crippen MR) is 101 cm³/mol. The number of hydrogen-bond acceptors (Lipinski definition) is 5. The van der Waals surface area contributed by atoms with Gasteiger partial charge in [-0.15, -0.1) is 0 Å². The lowest BCUT2D eigenvalue weighted by molar-refractivity contribution is -0.121. The van der Waals surface area contributed by atoms with E-state index in [1.807, 2.05) is 6.92 Å². The van der Waals surface area contributed by atoms with Crippen LogP contribution in [0.25, 0.3) is 0 Å². The smallest absolute Gasteiger partial charge is 0.265 e. The molecule has 0 unspecified atom stereocenters. The first-order valence-corrected chi connectivity index (χ1v) is 8.78. The van der Waals surface area contributed by atoms with E-state index in [4.69, 9.17) is 16.3 Å². The molecule has 27 heavy (non-hydrogen) atoms. The van der Waals surface area contributed by atoms with Crippen LogP contribution in [-0.4, -0.2) is 30.4 Å². The molecular weight excluding hydrogens is 370 g/mol. The van der Waals surface area contributed by atoms with Crippen molar-refractivity contribution >= 4 is 35.0 Å². The van der Waals surface area contributed by atoms with Gasteiger partial charge in [-0.1, -0.05) is 11.6 Å². The lowest BCUT2D eigenvalue weighted by atomic mass is 10.2. The Hall–Kier alpha value is -2.90. The molecule has 3 rings (SSSR count). The second kappa shape index (κ2) is 8.20. The first-order chi connectivity index (χ1) is 13.0. The van der Waals surface area contributed by atoms with Crippen LogP contribution in [0.5, 0.6) is 5.75 Å². The zero-order valence-corrected chi connectivity index (χ0v) is 15.3. The maximum Gasteiger partial charge on any atom is 0.265 e. The highest BCUT2D eigenvalue weighted by Crippen LogP contribution is 2.25. The number of anilines is 1. The molecule has 2 aromatic carbocycles. The number of hydrogen-bond donors (Lipinski definition) is 2. The number of benzene rings is 2. The maximum absolute atomic E-state index is 12.6. The van der Waals surface area contributed by atoms with E-state index >= 15 is 0 Å². The van der Waals surface area contributed by atoms with Gasteiger partial charge in [0.1, 0.15) is 11.8 Å². The zero-order valence-electron chi connectivity index (χ0n) is 14.6. The van der Waals surface area contributed by atoms with Crippen molar-refractivity contribution < 1.29 is 19.1 Å². The predicted octanol–water partition coefficient (Wildman–Crippen LogP) is 2.31. The molecule has 1 heterocycles. The monoisotopic (exact) mass is 387 g/mol. The van der Waals surface area contributed by atoms with Crippen molar-refractivity contribution in [3.8, 4) is 5.75 Å². The summed E-state index contributed by atoms with van der Waals surface area (Å²) in [6.45, 7) is 2.40. The number of ether oxygens (including phenoxy) is 1. The molecule has 0 radical (unpaired) electrons. The second-order valence-corrected chi connectivity index (χ2v) is 6.29. The topological polar surface area (TPSA) is 87.7 Å². The fourth-order valence-electron chi connectivity index (χ4n) is 2.70. The molecule has 2 N–H and O–H groups in total. The molecule has 1 fully saturated rings. The number of imide groups is 1. The van der Waals surface area contributed by atoms with Crippen molar-refractivity contribution in [2.24, 2.45) is 0 Å². The van der Waals surface area contributed by atoms with Gasteiger partial charge >= 0.3 is 0 Å². The molecule has 0 aromatic heterocycles. The fourth-order valence-corrected chi connectivity index (χ4v) is 2.83. The maximum atomic E-state index is 12.6. The van der Waals surface area contributed by atoms with Crippen molar-refractivity contribution in [2.75, 3.05) is 11.5 Å². The van der Waals surface area contributed by atoms with Gasteiger partial charge in [0.15, 0.2) is 0 Å². The van der Waals surface area contributed by atoms with E-state index in [0.29, 0.717) is 28.6 Å². The molecular formula is C19H18ClN3O4. The molecule has 2 aromatic rings. The molecule has 0 aliphatic carbocycles. The van der Waals surface area contributed by atoms with Crippen molar-refractivity contribution in [1.29, 1.82) is 0 Å². The summed E-state index contributed by atoms with van der Waals surface area (Å²) in [6, 6.07) is 12.2. The molecule has 0 spiro atoms. The summed E-state index contributed by atoms with van der Waals surface area (Å²) in [5.41, 5.74) is 5.94. The Balaban J connectivity index is 1.63. The van der Waals surface area contributed by atoms with Crippen molar-refractivity contribution in [1.82, 2.24) is 10.9 Å². The first kappa shape index (κ1) is 18.9. The van der Waals surface area contributed by atoms with E-state index < -0.39 is 17.9 Å². The normalized spacial score (nSPS) is 16.5. The average molecular weight is 388 g/mol. The lowest BCUT2D eigenvalue weighted by Gasteiger charge is -2.16. The standard InChI is InChI=1S/C19H18ClN3O4/c1-2-27-15-9-7-14(8-10-15)23-17(24)11-16(19(23)26)21-22-18(25)12-3-5-13(20)6-4-12/h3-10,16,21H,2,11H2,1H3,(H,22,25)/t16-/m1/s1. The van der Waals surface area contributed by atoms with Gasteiger partial charge in [0.25, 0.3) is 11.8 Å². The van der Waals surface area contributed by atoms with Crippen LogP contribution in [-0.2, 0) is 9.59 Å². The number of nitrogens with one attached hydrogen (secondary N) is 2. The van der Waals surface area contributed by atoms with E-state index in [-0.39, 0.29) is 12.3 Å². The number of nitrogens with zero attached hydrogens (tertiary/aromatic N) is 1. The third-order valence-corrected chi connectivity index (χ3v) is 4.27. The molecule has 1 atom stereocenters. The highest BCUT2D eigenvalue weighted by atomic mass is 35.5. The van der Waals surface area contributed by atoms with Gasteiger partial charge in [-0.3, -0.25) is 19.8 Å². The van der Waals surface area contributed by atoms with Gasteiger partial charge in [-0.25, -0.2) is 10.3 Å². The van der Waals surface area contributed by atoms with Crippen LogP contribution >= 0.6 is 11.6 Å². The Kier molecular flexibility index (Phi) is 5.73. The molecule has 1 aliphatic heterocycles. The van der Waals surface area contributed by atoms with Crippen LogP contribution in [0.4, 0.5) is 5.69 Å². The summed E-state index contributed by atoms with van der Waals surface area (Å²) >= 11 is 5.79. The highest BCUT2D eigenvalue weighted by Gasteiger charge is 2.39. The third kappa shape index (κ3) is 4.27. The summed E-state index contributed by atoms with van der Waals surface area (Å²) in [6.07, 6.45) is -0.0487. The van der Waals surface area contributed by atoms with Crippen molar-refractivity contribution in [3.05, 3.63) is 59.1 Å². The first-order valence-electron chi connectivity index (χ1n) is 8.40. The Bertz CT molecular complexity index is 852. The molecule has 3 amide bonds. The van der Waals surface area contributed by atoms with Crippen LogP contribution in [0.2, 0.25) is 5.02 Å². The number of carbonyl (C=O) groups is 3. The molecule has 0 saturated carbocycles. The summed E-state index contributed by atoms with van der Waals surface area (Å²) in [7, 11) is 0. The third-order valence-electron chi connectivity index (χ3n) is 4.02. The molecule has 1 saturated heterocycles. The number of amides is 3. The van der Waals surface area contributed by atoms with Crippen LogP contribution in [0, 0.1) is 0 Å². The molecule has 8 heteroatoms. The van der Waals surface area contributed by atoms with Crippen LogP contribution in [0.15, 0.2) is 48.5 Å². The van der Waals surface area contributed by atoms with E-state index in [1.54, 1.807) is 48.5 Å². The Labute approximate surface area is 161 Å². The van der Waals surface area contributed by atoms with Crippen LogP contribution < -0.4 is 20.5 Å². The van der Waals surface area contributed by atoms with E-state index in [0.717, 1.165) is 4.90 Å². The van der Waals surface area contributed by atoms with Crippen LogP contribution in [0.1, 0.15) is 23.7 Å². The summed E-state index contributed by atoms with van der Waals surface area (Å²) in [5, 5.41) is 0.516. The van der Waals surface area contributed by atoms with E-state index in [1.165, 1.54) is 0 Å². The Morgan fingerprint density at radius 1 is 1.15 bits per heavy atom. The number of carbonyl (C=O) groups excluding carboxylic acids is 3. The minimum Gasteiger partial charge on any atom is -0.494 e. The largest absolute Gasteiger partial charge is 0.494 e. The van der Waals surface area contributed by atoms with Crippen molar-refractivity contribution in [2.45, 2.75) is 19.4 Å². The van der Waals surface area contributed by atoms with Gasteiger partial charge < -0.3 is 4.74 Å². The highest BCUT2D eigenvalue weighted by molar-refractivity contribution is 6.30. The fraction of sp³-hybridized carbons (Fsp3) is 0.211. The quantitative estimate of drug-likeness (QED) is 0.586. The van der Waals surface area contributed by atoms with Crippen LogP contribution in [0.3, 0.4) is 0 Å². The van der Waals surface area contributed by atoms with E-state index in [9.17, 15) is 14.4 Å². The van der Waals surface area contributed by atoms with Gasteiger partial charge in [0.05, 0.1) is 18.7 Å². The number of halogens is 1. The van der Waals surface area contributed by atoms with E-state index in [2.05, 4.69) is 10.9 Å². The zero-order chi connectivity index (χ0) is 19.4. The number of hydrazine groups is 1. The summed E-state index contributed by atoms with van der Waals surface area (Å²) in [4.78, 5) is 38.0.